The number of halogens is 2. The molecule has 4 heteroatoms. The highest BCUT2D eigenvalue weighted by Gasteiger charge is 2.15. The van der Waals surface area contributed by atoms with Crippen LogP contribution in [0.25, 0.3) is 0 Å². The second-order valence-corrected chi connectivity index (χ2v) is 4.95. The Morgan fingerprint density at radius 2 is 1.22 bits per heavy atom. The maximum Gasteiger partial charge on any atom is 0.117 e. The Balaban J connectivity index is 2.44. The summed E-state index contributed by atoms with van der Waals surface area (Å²) in [6.45, 7) is 1.97. The molecule has 94 valence electrons. The third kappa shape index (κ3) is 2.55. The maximum atomic E-state index is 9.34. The van der Waals surface area contributed by atoms with Crippen molar-refractivity contribution in [3.05, 3.63) is 57.6 Å². The van der Waals surface area contributed by atoms with Gasteiger partial charge in [-0.25, -0.2) is 0 Å². The normalized spacial score (nSPS) is 10.9. The van der Waals surface area contributed by atoms with Gasteiger partial charge in [0.1, 0.15) is 11.5 Å². The quantitative estimate of drug-likeness (QED) is 0.848. The van der Waals surface area contributed by atoms with Gasteiger partial charge in [0.15, 0.2) is 0 Å². The number of aromatic hydroxyl groups is 2. The molecule has 2 aromatic carbocycles. The van der Waals surface area contributed by atoms with Crippen LogP contribution in [0.5, 0.6) is 11.5 Å². The third-order valence-corrected chi connectivity index (χ3v) is 3.56. The maximum absolute atomic E-state index is 9.34. The molecule has 2 aromatic rings. The summed E-state index contributed by atoms with van der Waals surface area (Å²) in [5.41, 5.74) is 1.75. The average molecular weight is 283 g/mol. The zero-order valence-corrected chi connectivity index (χ0v) is 11.2. The van der Waals surface area contributed by atoms with Crippen molar-refractivity contribution >= 4 is 23.2 Å². The van der Waals surface area contributed by atoms with Gasteiger partial charge >= 0.3 is 0 Å². The van der Waals surface area contributed by atoms with Gasteiger partial charge in [-0.3, -0.25) is 0 Å². The second kappa shape index (κ2) is 5.09. The van der Waals surface area contributed by atoms with E-state index in [-0.39, 0.29) is 17.4 Å². The highest BCUT2D eigenvalue weighted by molar-refractivity contribution is 6.32. The molecule has 0 saturated heterocycles. The van der Waals surface area contributed by atoms with Crippen LogP contribution in [0.1, 0.15) is 24.0 Å². The summed E-state index contributed by atoms with van der Waals surface area (Å²) in [5.74, 6) is 0.242. The number of phenolic OH excluding ortho intramolecular Hbond substituents is 2. The number of hydrogen-bond donors (Lipinski definition) is 2. The lowest BCUT2D eigenvalue weighted by atomic mass is 9.93. The summed E-state index contributed by atoms with van der Waals surface area (Å²) in [6, 6.07) is 9.72. The summed E-state index contributed by atoms with van der Waals surface area (Å²) in [7, 11) is 0. The van der Waals surface area contributed by atoms with Crippen LogP contribution in [0, 0.1) is 0 Å². The minimum Gasteiger partial charge on any atom is -0.508 e. The highest BCUT2D eigenvalue weighted by atomic mass is 35.5. The Morgan fingerprint density at radius 1 is 0.833 bits per heavy atom. The van der Waals surface area contributed by atoms with Crippen molar-refractivity contribution in [1.29, 1.82) is 0 Å². The Hall–Kier alpha value is -1.38. The van der Waals surface area contributed by atoms with E-state index in [2.05, 4.69) is 0 Å². The van der Waals surface area contributed by atoms with Crippen molar-refractivity contribution in [2.45, 2.75) is 12.8 Å². The van der Waals surface area contributed by atoms with Crippen LogP contribution in [0.4, 0.5) is 0 Å². The lowest BCUT2D eigenvalue weighted by Gasteiger charge is -2.16. The van der Waals surface area contributed by atoms with Crippen molar-refractivity contribution in [3.63, 3.8) is 0 Å². The van der Waals surface area contributed by atoms with Crippen LogP contribution in [0.3, 0.4) is 0 Å². The number of benzene rings is 2. The molecule has 0 bridgehead atoms. The van der Waals surface area contributed by atoms with E-state index in [1.54, 1.807) is 24.3 Å². The van der Waals surface area contributed by atoms with E-state index < -0.39 is 0 Å². The molecular formula is C14H12Cl2O2. The van der Waals surface area contributed by atoms with E-state index in [0.29, 0.717) is 10.0 Å². The zero-order chi connectivity index (χ0) is 13.3. The van der Waals surface area contributed by atoms with E-state index in [1.807, 2.05) is 6.92 Å². The monoisotopic (exact) mass is 282 g/mol. The Labute approximate surface area is 115 Å². The van der Waals surface area contributed by atoms with Gasteiger partial charge in [0.2, 0.25) is 0 Å². The van der Waals surface area contributed by atoms with Gasteiger partial charge in [-0.2, -0.15) is 0 Å². The predicted octanol–water partition coefficient (Wildman–Crippen LogP) is 4.56. The fourth-order valence-electron chi connectivity index (χ4n) is 1.90. The van der Waals surface area contributed by atoms with Gasteiger partial charge in [0, 0.05) is 16.0 Å². The molecule has 2 rings (SSSR count). The van der Waals surface area contributed by atoms with Gasteiger partial charge in [0.05, 0.1) is 0 Å². The van der Waals surface area contributed by atoms with Gasteiger partial charge in [-0.15, -0.1) is 0 Å². The summed E-state index contributed by atoms with van der Waals surface area (Å²) >= 11 is 12.2. The van der Waals surface area contributed by atoms with Crippen molar-refractivity contribution in [2.24, 2.45) is 0 Å². The first kappa shape index (κ1) is 13.1. The minimum absolute atomic E-state index is 0.0220. The molecule has 0 aromatic heterocycles. The molecule has 0 heterocycles. The molecule has 0 amide bonds. The standard InChI is InChI=1S/C14H12Cl2O2/c1-8(11-4-2-9(17)6-13(11)15)12-5-3-10(18)7-14(12)16/h2-8,17-18H,1H3. The summed E-state index contributed by atoms with van der Waals surface area (Å²) < 4.78 is 0. The molecule has 0 saturated carbocycles. The summed E-state index contributed by atoms with van der Waals surface area (Å²) in [6.07, 6.45) is 0. The third-order valence-electron chi connectivity index (χ3n) is 2.90. The van der Waals surface area contributed by atoms with Crippen LogP contribution in [0.2, 0.25) is 10.0 Å². The molecule has 0 aliphatic rings. The fraction of sp³-hybridized carbons (Fsp3) is 0.143. The first-order chi connectivity index (χ1) is 8.49. The van der Waals surface area contributed by atoms with Crippen molar-refractivity contribution in [3.8, 4) is 11.5 Å². The van der Waals surface area contributed by atoms with E-state index in [9.17, 15) is 10.2 Å². The van der Waals surface area contributed by atoms with Crippen LogP contribution in [-0.4, -0.2) is 10.2 Å². The molecule has 2 nitrogen and oxygen atoms in total. The number of hydrogen-bond acceptors (Lipinski definition) is 2. The zero-order valence-electron chi connectivity index (χ0n) is 9.69. The predicted molar refractivity (Wildman–Crippen MR) is 73.8 cm³/mol. The molecule has 0 atom stereocenters. The Kier molecular flexibility index (Phi) is 3.69. The van der Waals surface area contributed by atoms with Crippen molar-refractivity contribution < 1.29 is 10.2 Å². The minimum atomic E-state index is -0.0220. The van der Waals surface area contributed by atoms with Gasteiger partial charge < -0.3 is 10.2 Å². The van der Waals surface area contributed by atoms with Crippen LogP contribution >= 0.6 is 23.2 Å². The van der Waals surface area contributed by atoms with Crippen molar-refractivity contribution in [2.75, 3.05) is 0 Å². The lowest BCUT2D eigenvalue weighted by Crippen LogP contribution is -1.97. The van der Waals surface area contributed by atoms with Crippen LogP contribution < -0.4 is 0 Å². The first-order valence-electron chi connectivity index (χ1n) is 5.46. The Morgan fingerprint density at radius 3 is 1.56 bits per heavy atom. The van der Waals surface area contributed by atoms with Crippen LogP contribution in [-0.2, 0) is 0 Å². The SMILES string of the molecule is CC(c1ccc(O)cc1Cl)c1ccc(O)cc1Cl. The fourth-order valence-corrected chi connectivity index (χ4v) is 2.58. The van der Waals surface area contributed by atoms with E-state index >= 15 is 0 Å². The largest absolute Gasteiger partial charge is 0.508 e. The molecule has 2 N–H and O–H groups in total. The summed E-state index contributed by atoms with van der Waals surface area (Å²) in [4.78, 5) is 0. The van der Waals surface area contributed by atoms with Gasteiger partial charge in [-0.1, -0.05) is 42.3 Å². The van der Waals surface area contributed by atoms with Gasteiger partial charge in [-0.05, 0) is 35.4 Å². The highest BCUT2D eigenvalue weighted by Crippen LogP contribution is 2.36. The Bertz CT molecular complexity index is 531. The van der Waals surface area contributed by atoms with Crippen molar-refractivity contribution in [1.82, 2.24) is 0 Å². The second-order valence-electron chi connectivity index (χ2n) is 4.13. The topological polar surface area (TPSA) is 40.5 Å². The molecule has 0 aliphatic heterocycles. The van der Waals surface area contributed by atoms with Crippen LogP contribution in [0.15, 0.2) is 36.4 Å². The van der Waals surface area contributed by atoms with E-state index in [4.69, 9.17) is 23.2 Å². The first-order valence-corrected chi connectivity index (χ1v) is 6.21. The molecule has 0 unspecified atom stereocenters. The molecule has 18 heavy (non-hydrogen) atoms. The molecule has 0 aliphatic carbocycles. The van der Waals surface area contributed by atoms with Gasteiger partial charge in [0.25, 0.3) is 0 Å². The molecule has 0 fully saturated rings. The summed E-state index contributed by atoms with van der Waals surface area (Å²) in [5, 5.41) is 19.7. The molecule has 0 radical (unpaired) electrons. The number of rotatable bonds is 2. The molecule has 0 spiro atoms. The van der Waals surface area contributed by atoms with E-state index in [0.717, 1.165) is 11.1 Å². The average Bonchev–Trinajstić information content (AvgIpc) is 2.28. The van der Waals surface area contributed by atoms with E-state index in [1.165, 1.54) is 12.1 Å². The number of phenols is 2. The lowest BCUT2D eigenvalue weighted by molar-refractivity contribution is 0.475. The smallest absolute Gasteiger partial charge is 0.117 e. The molecular weight excluding hydrogens is 271 g/mol.